The van der Waals surface area contributed by atoms with Gasteiger partial charge in [0.05, 0.1) is 11.6 Å². The molecule has 2 aliphatic rings. The lowest BCUT2D eigenvalue weighted by molar-refractivity contribution is -0.142. The summed E-state index contributed by atoms with van der Waals surface area (Å²) in [5, 5.41) is 10.8. The molecule has 0 saturated carbocycles. The molecule has 0 fully saturated rings. The SMILES string of the molecule is CN1CCCCCCCN2CCCCc3cc(Cl)ccc3COc3ccc(cc32)[C@H](C(=O)O)CC1=O. The normalized spacial score (nSPS) is 20.3. The summed E-state index contributed by atoms with van der Waals surface area (Å²) in [7, 11) is 1.77. The van der Waals surface area contributed by atoms with Crippen LogP contribution in [-0.4, -0.2) is 48.6 Å². The Kier molecular flexibility index (Phi) is 9.13. The van der Waals surface area contributed by atoms with Crippen LogP contribution in [-0.2, 0) is 22.6 Å². The highest BCUT2D eigenvalue weighted by Gasteiger charge is 2.27. The van der Waals surface area contributed by atoms with Crippen LogP contribution >= 0.6 is 11.6 Å². The Hall–Kier alpha value is -2.73. The second-order valence-electron chi connectivity index (χ2n) is 10.1. The van der Waals surface area contributed by atoms with Crippen molar-refractivity contribution < 1.29 is 19.4 Å². The summed E-state index contributed by atoms with van der Waals surface area (Å²) < 4.78 is 6.36. The molecule has 194 valence electrons. The van der Waals surface area contributed by atoms with Crippen LogP contribution in [0.25, 0.3) is 0 Å². The highest BCUT2D eigenvalue weighted by atomic mass is 35.5. The molecule has 0 spiro atoms. The molecule has 2 aromatic rings. The maximum atomic E-state index is 12.8. The molecule has 2 aliphatic heterocycles. The second kappa shape index (κ2) is 12.5. The van der Waals surface area contributed by atoms with Gasteiger partial charge in [-0.2, -0.15) is 0 Å². The fourth-order valence-electron chi connectivity index (χ4n) is 5.20. The van der Waals surface area contributed by atoms with Crippen molar-refractivity contribution >= 4 is 29.2 Å². The molecule has 1 atom stereocenters. The van der Waals surface area contributed by atoms with Crippen LogP contribution in [0.4, 0.5) is 5.69 Å². The summed E-state index contributed by atoms with van der Waals surface area (Å²) in [6.45, 7) is 2.87. The van der Waals surface area contributed by atoms with Crippen LogP contribution in [0, 0.1) is 0 Å². The molecule has 2 aromatic carbocycles. The summed E-state index contributed by atoms with van der Waals surface area (Å²) in [6.07, 6.45) is 8.31. The van der Waals surface area contributed by atoms with Gasteiger partial charge >= 0.3 is 5.97 Å². The van der Waals surface area contributed by atoms with Crippen LogP contribution in [0.2, 0.25) is 5.02 Å². The predicted molar refractivity (Wildman–Crippen MR) is 143 cm³/mol. The van der Waals surface area contributed by atoms with Crippen LogP contribution in [0.3, 0.4) is 0 Å². The van der Waals surface area contributed by atoms with Crippen molar-refractivity contribution in [3.63, 3.8) is 0 Å². The highest BCUT2D eigenvalue weighted by Crippen LogP contribution is 2.36. The van der Waals surface area contributed by atoms with Crippen molar-refractivity contribution in [1.29, 1.82) is 0 Å². The van der Waals surface area contributed by atoms with Gasteiger partial charge in [0.15, 0.2) is 0 Å². The minimum absolute atomic E-state index is 0.0421. The smallest absolute Gasteiger partial charge is 0.311 e. The molecule has 7 heteroatoms. The van der Waals surface area contributed by atoms with E-state index in [4.69, 9.17) is 16.3 Å². The summed E-state index contributed by atoms with van der Waals surface area (Å²) >= 11 is 6.27. The Morgan fingerprint density at radius 3 is 2.44 bits per heavy atom. The first-order valence-electron chi connectivity index (χ1n) is 13.2. The lowest BCUT2D eigenvalue weighted by Crippen LogP contribution is -2.30. The van der Waals surface area contributed by atoms with E-state index in [0.717, 1.165) is 86.5 Å². The number of benzene rings is 2. The number of carboxylic acids is 1. The predicted octanol–water partition coefficient (Wildman–Crippen LogP) is 6.04. The van der Waals surface area contributed by atoms with Crippen molar-refractivity contribution in [2.45, 2.75) is 70.3 Å². The van der Waals surface area contributed by atoms with Gasteiger partial charge in [0.2, 0.25) is 5.91 Å². The number of hydrogen-bond acceptors (Lipinski definition) is 4. The third-order valence-electron chi connectivity index (χ3n) is 7.43. The van der Waals surface area contributed by atoms with E-state index < -0.39 is 11.9 Å². The zero-order valence-electron chi connectivity index (χ0n) is 21.2. The molecule has 0 aliphatic carbocycles. The number of carboxylic acid groups (broad SMARTS) is 1. The van der Waals surface area contributed by atoms with Gasteiger partial charge in [-0.05, 0) is 73.1 Å². The number of carbonyl (C=O) groups is 2. The molecule has 2 bridgehead atoms. The number of amides is 1. The Labute approximate surface area is 219 Å². The average molecular weight is 513 g/mol. The standard InChI is InChI=1S/C29H37ClN2O4/c1-31-14-6-3-2-4-7-15-32-16-8-5-9-21-17-24(30)12-10-23(21)20-36-27-13-11-22(18-26(27)32)25(29(34)35)19-28(31)33/h10-13,17-18,25H,2-9,14-16,19-20H2,1H3,(H,34,35)/t25-/m1/s1. The number of rotatable bonds is 1. The number of aryl methyl sites for hydroxylation is 1. The van der Waals surface area contributed by atoms with Gasteiger partial charge in [0.25, 0.3) is 0 Å². The van der Waals surface area contributed by atoms with E-state index in [1.807, 2.05) is 36.4 Å². The van der Waals surface area contributed by atoms with Crippen molar-refractivity contribution in [2.75, 3.05) is 31.6 Å². The monoisotopic (exact) mass is 512 g/mol. The largest absolute Gasteiger partial charge is 0.487 e. The van der Waals surface area contributed by atoms with Crippen molar-refractivity contribution in [1.82, 2.24) is 4.90 Å². The fourth-order valence-corrected chi connectivity index (χ4v) is 5.39. The minimum atomic E-state index is -0.976. The summed E-state index contributed by atoms with van der Waals surface area (Å²) in [5.41, 5.74) is 3.91. The van der Waals surface area contributed by atoms with Crippen LogP contribution in [0.1, 0.15) is 74.0 Å². The third-order valence-corrected chi connectivity index (χ3v) is 7.66. The van der Waals surface area contributed by atoms with Crippen LogP contribution < -0.4 is 9.64 Å². The van der Waals surface area contributed by atoms with Gasteiger partial charge < -0.3 is 19.6 Å². The first-order valence-corrected chi connectivity index (χ1v) is 13.6. The third kappa shape index (κ3) is 6.73. The van der Waals surface area contributed by atoms with E-state index in [1.165, 1.54) is 5.56 Å². The van der Waals surface area contributed by atoms with Gasteiger partial charge in [-0.15, -0.1) is 0 Å². The maximum Gasteiger partial charge on any atom is 0.311 e. The summed E-state index contributed by atoms with van der Waals surface area (Å²) in [4.78, 5) is 29.1. The lowest BCUT2D eigenvalue weighted by atomic mass is 9.94. The number of nitrogens with zero attached hydrogens (tertiary/aromatic N) is 2. The van der Waals surface area contributed by atoms with Gasteiger partial charge in [0, 0.05) is 38.1 Å². The quantitative estimate of drug-likeness (QED) is 0.504. The van der Waals surface area contributed by atoms with Gasteiger partial charge in [-0.25, -0.2) is 0 Å². The molecule has 0 radical (unpaired) electrons. The summed E-state index contributed by atoms with van der Waals surface area (Å²) in [6, 6.07) is 11.6. The molecule has 2 heterocycles. The molecule has 0 saturated heterocycles. The van der Waals surface area contributed by atoms with E-state index >= 15 is 0 Å². The summed E-state index contributed by atoms with van der Waals surface area (Å²) in [5.74, 6) is -1.25. The molecular formula is C29H37ClN2O4. The number of hydrogen-bond donors (Lipinski definition) is 1. The van der Waals surface area contributed by atoms with E-state index in [9.17, 15) is 14.7 Å². The Morgan fingerprint density at radius 1 is 0.944 bits per heavy atom. The molecule has 4 rings (SSSR count). The molecular weight excluding hydrogens is 476 g/mol. The van der Waals surface area contributed by atoms with Crippen molar-refractivity contribution in [2.24, 2.45) is 0 Å². The molecule has 6 nitrogen and oxygen atoms in total. The Bertz CT molecular complexity index is 1070. The Balaban J connectivity index is 1.71. The topological polar surface area (TPSA) is 70.1 Å². The number of carbonyl (C=O) groups excluding carboxylic acids is 1. The number of ether oxygens (including phenoxy) is 1. The van der Waals surface area contributed by atoms with Gasteiger partial charge in [0.1, 0.15) is 12.4 Å². The Morgan fingerprint density at radius 2 is 1.67 bits per heavy atom. The zero-order valence-corrected chi connectivity index (χ0v) is 21.9. The van der Waals surface area contributed by atoms with E-state index in [-0.39, 0.29) is 12.3 Å². The number of aliphatic carboxylic acids is 1. The highest BCUT2D eigenvalue weighted by molar-refractivity contribution is 6.30. The van der Waals surface area contributed by atoms with Crippen LogP contribution in [0.15, 0.2) is 36.4 Å². The average Bonchev–Trinajstić information content (AvgIpc) is 2.89. The second-order valence-corrected chi connectivity index (χ2v) is 10.5. The molecule has 0 unspecified atom stereocenters. The van der Waals surface area contributed by atoms with E-state index in [1.54, 1.807) is 11.9 Å². The number of fused-ring (bicyclic) bond motifs is 2. The van der Waals surface area contributed by atoms with Gasteiger partial charge in [-0.1, -0.05) is 43.0 Å². The number of halogens is 1. The molecule has 1 amide bonds. The molecule has 36 heavy (non-hydrogen) atoms. The number of anilines is 1. The van der Waals surface area contributed by atoms with Gasteiger partial charge in [-0.3, -0.25) is 9.59 Å². The van der Waals surface area contributed by atoms with Crippen molar-refractivity contribution in [3.8, 4) is 5.75 Å². The zero-order chi connectivity index (χ0) is 25.5. The molecule has 1 N–H and O–H groups in total. The maximum absolute atomic E-state index is 12.8. The minimum Gasteiger partial charge on any atom is -0.487 e. The van der Waals surface area contributed by atoms with E-state index in [2.05, 4.69) is 4.90 Å². The first kappa shape index (κ1) is 26.3. The fraction of sp³-hybridized carbons (Fsp3) is 0.517. The first-order chi connectivity index (χ1) is 17.4. The van der Waals surface area contributed by atoms with Crippen molar-refractivity contribution in [3.05, 3.63) is 58.1 Å². The van der Waals surface area contributed by atoms with Crippen LogP contribution in [0.5, 0.6) is 5.75 Å². The van der Waals surface area contributed by atoms with E-state index in [0.29, 0.717) is 18.7 Å². The lowest BCUT2D eigenvalue weighted by Gasteiger charge is -2.28. The molecule has 0 aromatic heterocycles.